The van der Waals surface area contributed by atoms with E-state index < -0.39 is 15.0 Å². The predicted octanol–water partition coefficient (Wildman–Crippen LogP) is 2.79. The Hall–Kier alpha value is -0.340. The smallest absolute Gasteiger partial charge is 0.261 e. The summed E-state index contributed by atoms with van der Waals surface area (Å²) in [5.41, 5.74) is 0.0169. The van der Waals surface area contributed by atoms with Gasteiger partial charge in [0.2, 0.25) is 0 Å². The van der Waals surface area contributed by atoms with Crippen LogP contribution >= 0.6 is 38.2 Å². The molecule has 20 heavy (non-hydrogen) atoms. The molecule has 0 saturated carbocycles. The quantitative estimate of drug-likeness (QED) is 0.765. The second-order valence-electron chi connectivity index (χ2n) is 4.03. The van der Waals surface area contributed by atoms with Crippen molar-refractivity contribution < 1.29 is 17.9 Å². The summed E-state index contributed by atoms with van der Waals surface area (Å²) >= 11 is 9.09. The SMILES string of the molecule is COCC(C)NC(=O)c1cc(S(=O)(=O)Cl)cc(Br)c1Cl. The van der Waals surface area contributed by atoms with Crippen molar-refractivity contribution in [2.75, 3.05) is 13.7 Å². The summed E-state index contributed by atoms with van der Waals surface area (Å²) in [5.74, 6) is -0.512. The van der Waals surface area contributed by atoms with Crippen LogP contribution in [0.15, 0.2) is 21.5 Å². The highest BCUT2D eigenvalue weighted by molar-refractivity contribution is 9.10. The molecule has 0 heterocycles. The molecule has 9 heteroatoms. The maximum atomic E-state index is 12.1. The number of benzene rings is 1. The fourth-order valence-electron chi connectivity index (χ4n) is 1.46. The lowest BCUT2D eigenvalue weighted by Gasteiger charge is -2.14. The van der Waals surface area contributed by atoms with Gasteiger partial charge >= 0.3 is 0 Å². The molecule has 0 bridgehead atoms. The zero-order chi connectivity index (χ0) is 15.5. The standard InChI is InChI=1S/C11H12BrCl2NO4S/c1-6(5-19-2)15-11(16)8-3-7(20(14,17)18)4-9(12)10(8)13/h3-4,6H,5H2,1-2H3,(H,15,16). The van der Waals surface area contributed by atoms with Crippen molar-refractivity contribution in [1.82, 2.24) is 5.32 Å². The summed E-state index contributed by atoms with van der Waals surface area (Å²) in [5, 5.41) is 2.74. The fourth-order valence-corrected chi connectivity index (χ4v) is 3.05. The van der Waals surface area contributed by atoms with Gasteiger partial charge in [-0.15, -0.1) is 0 Å². The number of carbonyl (C=O) groups is 1. The van der Waals surface area contributed by atoms with Crippen LogP contribution in [0, 0.1) is 0 Å². The number of carbonyl (C=O) groups excluding carboxylic acids is 1. The van der Waals surface area contributed by atoms with Gasteiger partial charge in [0.25, 0.3) is 15.0 Å². The van der Waals surface area contributed by atoms with E-state index >= 15 is 0 Å². The van der Waals surface area contributed by atoms with Gasteiger partial charge in [0.05, 0.1) is 22.1 Å². The summed E-state index contributed by atoms with van der Waals surface area (Å²) in [6.45, 7) is 2.06. The number of amides is 1. The van der Waals surface area contributed by atoms with E-state index in [-0.39, 0.29) is 26.0 Å². The molecule has 112 valence electrons. The van der Waals surface area contributed by atoms with Crippen LogP contribution in [-0.4, -0.2) is 34.1 Å². The summed E-state index contributed by atoms with van der Waals surface area (Å²) in [6.07, 6.45) is 0. The third kappa shape index (κ3) is 4.60. The Labute approximate surface area is 135 Å². The van der Waals surface area contributed by atoms with Crippen molar-refractivity contribution in [3.05, 3.63) is 27.2 Å². The largest absolute Gasteiger partial charge is 0.383 e. The number of hydrogen-bond acceptors (Lipinski definition) is 4. The van der Waals surface area contributed by atoms with Gasteiger partial charge in [-0.3, -0.25) is 4.79 Å². The van der Waals surface area contributed by atoms with E-state index in [9.17, 15) is 13.2 Å². The van der Waals surface area contributed by atoms with E-state index in [1.54, 1.807) is 6.92 Å². The molecule has 1 aromatic carbocycles. The Kier molecular flexibility index (Phi) is 6.27. The Bertz CT molecular complexity index is 621. The van der Waals surface area contributed by atoms with Crippen LogP contribution in [0.5, 0.6) is 0 Å². The Morgan fingerprint density at radius 2 is 2.10 bits per heavy atom. The van der Waals surface area contributed by atoms with Crippen LogP contribution in [0.2, 0.25) is 5.02 Å². The predicted molar refractivity (Wildman–Crippen MR) is 81.0 cm³/mol. The average molecular weight is 405 g/mol. The van der Waals surface area contributed by atoms with Crippen LogP contribution in [-0.2, 0) is 13.8 Å². The van der Waals surface area contributed by atoms with Crippen LogP contribution in [0.1, 0.15) is 17.3 Å². The summed E-state index contributed by atoms with van der Waals surface area (Å²) < 4.78 is 27.9. The number of hydrogen-bond donors (Lipinski definition) is 1. The van der Waals surface area contributed by atoms with Gasteiger partial charge in [0, 0.05) is 28.3 Å². The van der Waals surface area contributed by atoms with E-state index in [0.29, 0.717) is 6.61 Å². The fraction of sp³-hybridized carbons (Fsp3) is 0.364. The first-order valence-electron chi connectivity index (χ1n) is 5.40. The second kappa shape index (κ2) is 7.09. The lowest BCUT2D eigenvalue weighted by Crippen LogP contribution is -2.35. The Morgan fingerprint density at radius 3 is 2.60 bits per heavy atom. The lowest BCUT2D eigenvalue weighted by molar-refractivity contribution is 0.0905. The van der Waals surface area contributed by atoms with Crippen LogP contribution in [0.25, 0.3) is 0 Å². The van der Waals surface area contributed by atoms with Crippen molar-refractivity contribution in [3.63, 3.8) is 0 Å². The van der Waals surface area contributed by atoms with Gasteiger partial charge < -0.3 is 10.1 Å². The molecule has 0 fully saturated rings. The van der Waals surface area contributed by atoms with Gasteiger partial charge in [-0.25, -0.2) is 8.42 Å². The summed E-state index contributed by atoms with van der Waals surface area (Å²) in [6, 6.07) is 2.11. The molecule has 0 spiro atoms. The molecule has 1 atom stereocenters. The molecule has 0 radical (unpaired) electrons. The molecule has 0 aromatic heterocycles. The molecule has 0 aliphatic rings. The zero-order valence-electron chi connectivity index (χ0n) is 10.6. The van der Waals surface area contributed by atoms with E-state index in [1.165, 1.54) is 13.2 Å². The normalized spacial score (nSPS) is 13.1. The van der Waals surface area contributed by atoms with Crippen LogP contribution in [0.3, 0.4) is 0 Å². The second-order valence-corrected chi connectivity index (χ2v) is 7.83. The van der Waals surface area contributed by atoms with Crippen LogP contribution < -0.4 is 5.32 Å². The molecular weight excluding hydrogens is 393 g/mol. The molecule has 0 saturated heterocycles. The molecule has 1 unspecified atom stereocenters. The highest BCUT2D eigenvalue weighted by atomic mass is 79.9. The van der Waals surface area contributed by atoms with Gasteiger partial charge in [0.15, 0.2) is 0 Å². The highest BCUT2D eigenvalue weighted by Crippen LogP contribution is 2.31. The number of nitrogens with one attached hydrogen (secondary N) is 1. The highest BCUT2D eigenvalue weighted by Gasteiger charge is 2.20. The first kappa shape index (κ1) is 17.7. The minimum atomic E-state index is -3.96. The van der Waals surface area contributed by atoms with Gasteiger partial charge in [-0.2, -0.15) is 0 Å². The van der Waals surface area contributed by atoms with E-state index in [2.05, 4.69) is 21.2 Å². The van der Waals surface area contributed by atoms with Gasteiger partial charge in [-0.1, -0.05) is 11.6 Å². The number of halogens is 3. The van der Waals surface area contributed by atoms with Crippen molar-refractivity contribution >= 4 is 53.2 Å². The van der Waals surface area contributed by atoms with Crippen molar-refractivity contribution in [1.29, 1.82) is 0 Å². The molecular formula is C11H12BrCl2NO4S. The monoisotopic (exact) mass is 403 g/mol. The molecule has 0 aliphatic carbocycles. The first-order chi connectivity index (χ1) is 9.16. The van der Waals surface area contributed by atoms with Crippen molar-refractivity contribution in [2.45, 2.75) is 17.9 Å². The summed E-state index contributed by atoms with van der Waals surface area (Å²) in [4.78, 5) is 11.9. The maximum Gasteiger partial charge on any atom is 0.261 e. The average Bonchev–Trinajstić information content (AvgIpc) is 2.31. The topological polar surface area (TPSA) is 72.5 Å². The van der Waals surface area contributed by atoms with E-state index in [4.69, 9.17) is 27.0 Å². The molecule has 1 amide bonds. The minimum absolute atomic E-state index is 0.0169. The number of methoxy groups -OCH3 is 1. The van der Waals surface area contributed by atoms with Gasteiger partial charge in [-0.05, 0) is 35.0 Å². The molecule has 1 aromatic rings. The Balaban J connectivity index is 3.17. The Morgan fingerprint density at radius 1 is 1.50 bits per heavy atom. The van der Waals surface area contributed by atoms with Crippen molar-refractivity contribution in [2.24, 2.45) is 0 Å². The molecule has 1 N–H and O–H groups in total. The maximum absolute atomic E-state index is 12.1. The summed E-state index contributed by atoms with van der Waals surface area (Å²) in [7, 11) is 2.82. The molecule has 1 rings (SSSR count). The van der Waals surface area contributed by atoms with E-state index in [1.807, 2.05) is 0 Å². The third-order valence-corrected chi connectivity index (χ3v) is 4.92. The van der Waals surface area contributed by atoms with Gasteiger partial charge in [0.1, 0.15) is 0 Å². The number of ether oxygens (including phenoxy) is 1. The zero-order valence-corrected chi connectivity index (χ0v) is 14.5. The molecule has 0 aliphatic heterocycles. The number of rotatable bonds is 5. The minimum Gasteiger partial charge on any atom is -0.383 e. The van der Waals surface area contributed by atoms with Crippen LogP contribution in [0.4, 0.5) is 0 Å². The first-order valence-corrected chi connectivity index (χ1v) is 8.88. The van der Waals surface area contributed by atoms with Crippen molar-refractivity contribution in [3.8, 4) is 0 Å². The van der Waals surface area contributed by atoms with E-state index in [0.717, 1.165) is 6.07 Å². The molecule has 5 nitrogen and oxygen atoms in total. The third-order valence-electron chi connectivity index (χ3n) is 2.32. The lowest BCUT2D eigenvalue weighted by atomic mass is 10.2.